The summed E-state index contributed by atoms with van der Waals surface area (Å²) in [6.45, 7) is 1.01. The number of benzene rings is 1. The molecule has 2 N–H and O–H groups in total. The zero-order chi connectivity index (χ0) is 13.1. The number of hydrogen-bond donors (Lipinski definition) is 2. The number of urea groups is 1. The van der Waals surface area contributed by atoms with Crippen LogP contribution in [-0.2, 0) is 0 Å². The van der Waals surface area contributed by atoms with E-state index in [1.165, 1.54) is 0 Å². The smallest absolute Gasteiger partial charge is 0.321 e. The highest BCUT2D eigenvalue weighted by molar-refractivity contribution is 6.35. The van der Waals surface area contributed by atoms with Gasteiger partial charge in [-0.05, 0) is 31.0 Å². The van der Waals surface area contributed by atoms with Crippen molar-refractivity contribution in [2.24, 2.45) is 0 Å². The molecule has 0 radical (unpaired) electrons. The Labute approximate surface area is 115 Å². The normalized spacial score (nSPS) is 19.7. The number of nitrogens with one attached hydrogen (secondary N) is 1. The van der Waals surface area contributed by atoms with E-state index in [0.29, 0.717) is 28.8 Å². The molecule has 2 amide bonds. The van der Waals surface area contributed by atoms with E-state index in [1.807, 2.05) is 0 Å². The van der Waals surface area contributed by atoms with Crippen LogP contribution in [-0.4, -0.2) is 35.2 Å². The van der Waals surface area contributed by atoms with E-state index in [1.54, 1.807) is 23.1 Å². The van der Waals surface area contributed by atoms with Crippen molar-refractivity contribution in [3.8, 4) is 0 Å². The third kappa shape index (κ3) is 3.51. The number of halogens is 2. The molecule has 1 aromatic carbocycles. The van der Waals surface area contributed by atoms with Crippen molar-refractivity contribution >= 4 is 34.9 Å². The first-order valence-corrected chi connectivity index (χ1v) is 6.50. The highest BCUT2D eigenvalue weighted by atomic mass is 35.5. The number of rotatable bonds is 1. The zero-order valence-electron chi connectivity index (χ0n) is 9.70. The second kappa shape index (κ2) is 5.78. The number of hydrogen-bond acceptors (Lipinski definition) is 2. The van der Waals surface area contributed by atoms with E-state index in [-0.39, 0.29) is 6.03 Å². The van der Waals surface area contributed by atoms with Crippen LogP contribution in [0.2, 0.25) is 10.0 Å². The van der Waals surface area contributed by atoms with E-state index in [9.17, 15) is 9.90 Å². The van der Waals surface area contributed by atoms with Gasteiger partial charge in [0.15, 0.2) is 0 Å². The van der Waals surface area contributed by atoms with Crippen molar-refractivity contribution < 1.29 is 9.90 Å². The van der Waals surface area contributed by atoms with Gasteiger partial charge in [0.2, 0.25) is 0 Å². The summed E-state index contributed by atoms with van der Waals surface area (Å²) in [5.74, 6) is 0. The van der Waals surface area contributed by atoms with Crippen LogP contribution in [0.1, 0.15) is 12.8 Å². The molecule has 0 aliphatic carbocycles. The minimum absolute atomic E-state index is 0.243. The number of anilines is 1. The maximum atomic E-state index is 12.0. The fourth-order valence-corrected chi connectivity index (χ4v) is 2.49. The lowest BCUT2D eigenvalue weighted by Gasteiger charge is -2.30. The number of nitrogens with zero attached hydrogens (tertiary/aromatic N) is 1. The summed E-state index contributed by atoms with van der Waals surface area (Å²) in [6, 6.07) is 4.62. The number of likely N-dealkylation sites (tertiary alicyclic amines) is 1. The molecule has 4 nitrogen and oxygen atoms in total. The average molecular weight is 289 g/mol. The van der Waals surface area contributed by atoms with Crippen molar-refractivity contribution in [1.82, 2.24) is 4.90 Å². The largest absolute Gasteiger partial charge is 0.391 e. The molecule has 98 valence electrons. The molecule has 1 unspecified atom stereocenters. The lowest BCUT2D eigenvalue weighted by Crippen LogP contribution is -2.44. The molecule has 2 rings (SSSR count). The molecule has 1 aliphatic heterocycles. The number of amides is 2. The van der Waals surface area contributed by atoms with E-state index in [4.69, 9.17) is 23.2 Å². The van der Waals surface area contributed by atoms with Crippen LogP contribution >= 0.6 is 23.2 Å². The standard InChI is InChI=1S/C12H14Cl2N2O2/c13-8-4-9(14)6-10(5-8)15-12(18)16-3-1-2-11(17)7-16/h4-6,11,17H,1-3,7H2,(H,15,18). The van der Waals surface area contributed by atoms with Crippen molar-refractivity contribution in [1.29, 1.82) is 0 Å². The lowest BCUT2D eigenvalue weighted by atomic mass is 10.1. The van der Waals surface area contributed by atoms with Crippen molar-refractivity contribution in [2.75, 3.05) is 18.4 Å². The first-order valence-electron chi connectivity index (χ1n) is 5.74. The third-order valence-corrected chi connectivity index (χ3v) is 3.23. The third-order valence-electron chi connectivity index (χ3n) is 2.80. The molecule has 6 heteroatoms. The van der Waals surface area contributed by atoms with E-state index < -0.39 is 6.10 Å². The van der Waals surface area contributed by atoms with Gasteiger partial charge in [0.05, 0.1) is 6.10 Å². The van der Waals surface area contributed by atoms with Gasteiger partial charge in [-0.15, -0.1) is 0 Å². The molecule has 1 aliphatic rings. The number of β-amino-alcohol motifs (C(OH)–C–C–N with tert-alkyl or cyclic N) is 1. The summed E-state index contributed by atoms with van der Waals surface area (Å²) < 4.78 is 0. The van der Waals surface area contributed by atoms with Gasteiger partial charge < -0.3 is 15.3 Å². The molecule has 1 heterocycles. The fraction of sp³-hybridized carbons (Fsp3) is 0.417. The first kappa shape index (κ1) is 13.5. The van der Waals surface area contributed by atoms with Crippen LogP contribution < -0.4 is 5.32 Å². The predicted molar refractivity (Wildman–Crippen MR) is 72.3 cm³/mol. The molecular weight excluding hydrogens is 275 g/mol. The second-order valence-electron chi connectivity index (χ2n) is 4.33. The highest BCUT2D eigenvalue weighted by Crippen LogP contribution is 2.23. The van der Waals surface area contributed by atoms with Crippen LogP contribution in [0.5, 0.6) is 0 Å². The minimum atomic E-state index is -0.438. The van der Waals surface area contributed by atoms with Crippen molar-refractivity contribution in [3.05, 3.63) is 28.2 Å². The summed E-state index contributed by atoms with van der Waals surface area (Å²) >= 11 is 11.7. The Balaban J connectivity index is 2.02. The first-order chi connectivity index (χ1) is 8.54. The van der Waals surface area contributed by atoms with Crippen LogP contribution in [0, 0.1) is 0 Å². The quantitative estimate of drug-likeness (QED) is 0.835. The molecule has 0 aromatic heterocycles. The Kier molecular flexibility index (Phi) is 4.32. The Bertz CT molecular complexity index is 433. The molecule has 18 heavy (non-hydrogen) atoms. The topological polar surface area (TPSA) is 52.6 Å². The molecule has 0 spiro atoms. The zero-order valence-corrected chi connectivity index (χ0v) is 11.2. The van der Waals surface area contributed by atoms with E-state index in [2.05, 4.69) is 5.32 Å². The van der Waals surface area contributed by atoms with Gasteiger partial charge in [-0.25, -0.2) is 4.79 Å². The summed E-state index contributed by atoms with van der Waals surface area (Å²) in [4.78, 5) is 13.5. The number of piperidine rings is 1. The highest BCUT2D eigenvalue weighted by Gasteiger charge is 2.22. The van der Waals surface area contributed by atoms with Crippen LogP contribution in [0.4, 0.5) is 10.5 Å². The number of carbonyl (C=O) groups is 1. The maximum Gasteiger partial charge on any atom is 0.321 e. The van der Waals surface area contributed by atoms with Gasteiger partial charge in [0.1, 0.15) is 0 Å². The van der Waals surface area contributed by atoms with Gasteiger partial charge in [-0.3, -0.25) is 0 Å². The van der Waals surface area contributed by atoms with Gasteiger partial charge in [0, 0.05) is 28.8 Å². The number of aliphatic hydroxyl groups is 1. The minimum Gasteiger partial charge on any atom is -0.391 e. The molecule has 0 bridgehead atoms. The SMILES string of the molecule is O=C(Nc1cc(Cl)cc(Cl)c1)N1CCCC(O)C1. The van der Waals surface area contributed by atoms with Gasteiger partial charge in [-0.1, -0.05) is 23.2 Å². The molecule has 1 fully saturated rings. The predicted octanol–water partition coefficient (Wildman–Crippen LogP) is 2.98. The number of aliphatic hydroxyl groups excluding tert-OH is 1. The molecular formula is C12H14Cl2N2O2. The molecule has 1 saturated heterocycles. The van der Waals surface area contributed by atoms with Crippen LogP contribution in [0.15, 0.2) is 18.2 Å². The van der Waals surface area contributed by atoms with Crippen molar-refractivity contribution in [3.63, 3.8) is 0 Å². The Morgan fingerprint density at radius 3 is 2.61 bits per heavy atom. The monoisotopic (exact) mass is 288 g/mol. The van der Waals surface area contributed by atoms with Crippen LogP contribution in [0.3, 0.4) is 0 Å². The van der Waals surface area contributed by atoms with E-state index in [0.717, 1.165) is 12.8 Å². The Hall–Kier alpha value is -0.970. The van der Waals surface area contributed by atoms with Gasteiger partial charge >= 0.3 is 6.03 Å². The Morgan fingerprint density at radius 1 is 1.33 bits per heavy atom. The fourth-order valence-electron chi connectivity index (χ4n) is 1.97. The van der Waals surface area contributed by atoms with Gasteiger partial charge in [0.25, 0.3) is 0 Å². The average Bonchev–Trinajstić information content (AvgIpc) is 2.27. The summed E-state index contributed by atoms with van der Waals surface area (Å²) in [5.41, 5.74) is 0.553. The number of carbonyl (C=O) groups excluding carboxylic acids is 1. The molecule has 1 atom stereocenters. The second-order valence-corrected chi connectivity index (χ2v) is 5.20. The lowest BCUT2D eigenvalue weighted by molar-refractivity contribution is 0.0883. The van der Waals surface area contributed by atoms with Crippen LogP contribution in [0.25, 0.3) is 0 Å². The summed E-state index contributed by atoms with van der Waals surface area (Å²) in [7, 11) is 0. The van der Waals surface area contributed by atoms with E-state index >= 15 is 0 Å². The van der Waals surface area contributed by atoms with Gasteiger partial charge in [-0.2, -0.15) is 0 Å². The maximum absolute atomic E-state index is 12.0. The molecule has 0 saturated carbocycles. The van der Waals surface area contributed by atoms with Crippen molar-refractivity contribution in [2.45, 2.75) is 18.9 Å². The Morgan fingerprint density at radius 2 is 2.00 bits per heavy atom. The molecule has 1 aromatic rings. The summed E-state index contributed by atoms with van der Waals surface area (Å²) in [5, 5.41) is 13.2. The summed E-state index contributed by atoms with van der Waals surface area (Å²) in [6.07, 6.45) is 1.12.